The van der Waals surface area contributed by atoms with E-state index in [-0.39, 0.29) is 60.7 Å². The summed E-state index contributed by atoms with van der Waals surface area (Å²) in [6.07, 6.45) is 0.529. The van der Waals surface area contributed by atoms with E-state index in [0.717, 1.165) is 20.6 Å². The Morgan fingerprint density at radius 2 is 0.768 bits per heavy atom. The third-order valence-corrected chi connectivity index (χ3v) is 14.6. The molecule has 22 nitrogen and oxygen atoms in total. The van der Waals surface area contributed by atoms with Crippen LogP contribution in [0.15, 0.2) is 72.8 Å². The first-order valence-electron chi connectivity index (χ1n) is 28.0. The number of amides is 10. The fourth-order valence-electron chi connectivity index (χ4n) is 9.85. The van der Waals surface area contributed by atoms with Gasteiger partial charge >= 0.3 is 0 Å². The van der Waals surface area contributed by atoms with E-state index in [4.69, 9.17) is 0 Å². The van der Waals surface area contributed by atoms with E-state index < -0.39 is 122 Å². The molecule has 0 radical (unpaired) electrons. The predicted molar refractivity (Wildman–Crippen MR) is 311 cm³/mol. The van der Waals surface area contributed by atoms with Crippen LogP contribution in [-0.4, -0.2) is 203 Å². The highest BCUT2D eigenvalue weighted by Crippen LogP contribution is 2.21. The highest BCUT2D eigenvalue weighted by Gasteiger charge is 2.40. The second-order valence-electron chi connectivity index (χ2n) is 23.2. The van der Waals surface area contributed by atoms with Gasteiger partial charge < -0.3 is 50.7 Å². The zero-order chi connectivity index (χ0) is 60.9. The lowest BCUT2D eigenvalue weighted by Crippen LogP contribution is -2.60. The Bertz CT molecular complexity index is 2790. The van der Waals surface area contributed by atoms with Crippen LogP contribution in [0.1, 0.15) is 102 Å². The Kier molecular flexibility index (Phi) is 23.0. The number of aromatic nitrogens is 2. The summed E-state index contributed by atoms with van der Waals surface area (Å²) < 4.78 is 0. The lowest BCUT2D eigenvalue weighted by Gasteiger charge is -2.36. The van der Waals surface area contributed by atoms with Gasteiger partial charge in [-0.1, -0.05) is 104 Å². The van der Waals surface area contributed by atoms with Crippen LogP contribution in [0.25, 0.3) is 21.8 Å². The van der Waals surface area contributed by atoms with Gasteiger partial charge in [-0.2, -0.15) is 0 Å². The first-order chi connectivity index (χ1) is 38.6. The number of hydrogen-bond acceptors (Lipinski definition) is 12. The Morgan fingerprint density at radius 3 is 1.10 bits per heavy atom. The molecule has 444 valence electrons. The second kappa shape index (κ2) is 29.1. The van der Waals surface area contributed by atoms with Gasteiger partial charge in [-0.15, -0.1) is 0 Å². The van der Waals surface area contributed by atoms with E-state index in [1.54, 1.807) is 36.4 Å². The van der Waals surface area contributed by atoms with Crippen molar-refractivity contribution in [3.63, 3.8) is 0 Å². The summed E-state index contributed by atoms with van der Waals surface area (Å²) in [5.41, 5.74) is 0.997. The first-order valence-corrected chi connectivity index (χ1v) is 28.0. The highest BCUT2D eigenvalue weighted by atomic mass is 16.2. The van der Waals surface area contributed by atoms with Crippen LogP contribution in [0.5, 0.6) is 0 Å². The van der Waals surface area contributed by atoms with Crippen molar-refractivity contribution < 1.29 is 47.9 Å². The van der Waals surface area contributed by atoms with Gasteiger partial charge in [0.15, 0.2) is 0 Å². The molecule has 82 heavy (non-hydrogen) atoms. The molecule has 22 heteroatoms. The van der Waals surface area contributed by atoms with Gasteiger partial charge in [-0.25, -0.2) is 9.97 Å². The summed E-state index contributed by atoms with van der Waals surface area (Å²) >= 11 is 0. The molecule has 0 spiro atoms. The Morgan fingerprint density at radius 1 is 0.451 bits per heavy atom. The highest BCUT2D eigenvalue weighted by molar-refractivity contribution is 6.01. The van der Waals surface area contributed by atoms with Crippen LogP contribution in [-0.2, 0) is 38.4 Å². The number of likely N-dealkylation sites (N-methyl/N-ethyl adjacent to an activating group) is 6. The first kappa shape index (κ1) is 64.8. The van der Waals surface area contributed by atoms with E-state index in [9.17, 15) is 47.9 Å². The average molecular weight is 1130 g/mol. The average Bonchev–Trinajstić information content (AvgIpc) is 3.56. The Hall–Kier alpha value is -8.04. The fourth-order valence-corrected chi connectivity index (χ4v) is 9.85. The molecule has 1 fully saturated rings. The largest absolute Gasteiger partial charge is 0.352 e. The summed E-state index contributed by atoms with van der Waals surface area (Å²) in [6, 6.07) is 13.1. The number of rotatable bonds is 12. The van der Waals surface area contributed by atoms with Gasteiger partial charge in [0.2, 0.25) is 47.3 Å². The third kappa shape index (κ3) is 17.0. The van der Waals surface area contributed by atoms with E-state index in [1.165, 1.54) is 74.0 Å². The fraction of sp³-hybridized carbons (Fsp3) is 0.533. The number of benzene rings is 2. The molecule has 0 saturated carbocycles. The molecule has 1 aliphatic rings. The quantitative estimate of drug-likeness (QED) is 0.159. The summed E-state index contributed by atoms with van der Waals surface area (Å²) in [5.74, 6) is -7.50. The van der Waals surface area contributed by atoms with Crippen LogP contribution < -0.4 is 21.3 Å². The van der Waals surface area contributed by atoms with Gasteiger partial charge in [0.05, 0.1) is 24.1 Å². The minimum absolute atomic E-state index is 0.0212. The Labute approximate surface area is 481 Å². The number of para-hydroxylation sites is 2. The van der Waals surface area contributed by atoms with E-state index >= 15 is 0 Å². The maximum atomic E-state index is 14.9. The van der Waals surface area contributed by atoms with Gasteiger partial charge in [-0.3, -0.25) is 47.9 Å². The molecule has 6 atom stereocenters. The zero-order valence-electron chi connectivity index (χ0n) is 50.0. The molecular formula is C60H84N12O10. The molecule has 3 heterocycles. The van der Waals surface area contributed by atoms with E-state index in [0.29, 0.717) is 11.0 Å². The number of carbonyl (C=O) groups excluding carboxylic acids is 10. The molecular weight excluding hydrogens is 1050 g/mol. The normalized spacial score (nSPS) is 21.6. The summed E-state index contributed by atoms with van der Waals surface area (Å²) in [4.78, 5) is 161. The maximum Gasteiger partial charge on any atom is 0.270 e. The predicted octanol–water partition coefficient (Wildman–Crippen LogP) is 3.34. The van der Waals surface area contributed by atoms with Crippen LogP contribution in [0, 0.1) is 23.7 Å². The molecule has 2 aromatic heterocycles. The molecule has 10 amide bonds. The van der Waals surface area contributed by atoms with Crippen molar-refractivity contribution in [2.24, 2.45) is 23.7 Å². The van der Waals surface area contributed by atoms with Crippen molar-refractivity contribution in [1.82, 2.24) is 60.6 Å². The maximum absolute atomic E-state index is 14.9. The van der Waals surface area contributed by atoms with Crippen LogP contribution >= 0.6 is 0 Å². The van der Waals surface area contributed by atoms with Crippen molar-refractivity contribution in [1.29, 1.82) is 0 Å². The van der Waals surface area contributed by atoms with Gasteiger partial charge in [0.1, 0.15) is 47.6 Å². The number of nitrogens with zero attached hydrogens (tertiary/aromatic N) is 8. The summed E-state index contributed by atoms with van der Waals surface area (Å²) in [5, 5.41) is 12.6. The van der Waals surface area contributed by atoms with Crippen LogP contribution in [0.4, 0.5) is 0 Å². The molecule has 5 rings (SSSR count). The smallest absolute Gasteiger partial charge is 0.270 e. The van der Waals surface area contributed by atoms with Crippen molar-refractivity contribution in [2.75, 3.05) is 68.5 Å². The topological polar surface area (TPSA) is 264 Å². The second-order valence-corrected chi connectivity index (χ2v) is 23.2. The molecule has 1 saturated heterocycles. The third-order valence-electron chi connectivity index (χ3n) is 14.6. The number of pyridine rings is 2. The van der Waals surface area contributed by atoms with Crippen LogP contribution in [0.2, 0.25) is 0 Å². The number of carbonyl (C=O) groups is 10. The van der Waals surface area contributed by atoms with Crippen LogP contribution in [0.3, 0.4) is 0 Å². The zero-order valence-corrected chi connectivity index (χ0v) is 50.0. The monoisotopic (exact) mass is 1130 g/mol. The van der Waals surface area contributed by atoms with Gasteiger partial charge in [0, 0.05) is 66.1 Å². The van der Waals surface area contributed by atoms with Crippen molar-refractivity contribution in [3.8, 4) is 0 Å². The molecule has 4 N–H and O–H groups in total. The minimum atomic E-state index is -1.49. The minimum Gasteiger partial charge on any atom is -0.352 e. The molecule has 1 aliphatic heterocycles. The van der Waals surface area contributed by atoms with Crippen molar-refractivity contribution in [3.05, 3.63) is 84.2 Å². The van der Waals surface area contributed by atoms with E-state index in [2.05, 4.69) is 31.2 Å². The van der Waals surface area contributed by atoms with Crippen molar-refractivity contribution >= 4 is 80.9 Å². The standard InChI is InChI=1S/C60H84N12O10/c1-35(2)27-47-55(77)61-31-45(65-53(75)43-25-23-39-19-15-17-21-41(39)63-43)57(79)71(13)50(30-38(7)8)60(82)68(10)34-52(74)70(12)48(28-36(3)4)56(78)62-32-46(66-54(76)44-26-24-40-20-16-18-22-42(40)64-44)58(80)72(14)49(29-37(5)6)59(81)67(9)33-51(73)69(47)11/h15-26,35-38,45-50H,27-34H2,1-14H3,(H,61,77)(H,62,78)(H,65,75)(H,66,76)/t45-,46-,47-,48-,49-,50-/m0/s1. The molecule has 0 unspecified atom stereocenters. The SMILES string of the molecule is CC(C)C[C@H]1C(=O)NC[C@H](NC(=O)c2ccc3ccccc3n2)C(=O)N(C)[C@@H](CC(C)C)C(=O)N(C)CC(=O)N(C)[C@@H](CC(C)C)C(=O)NC[C@H](NC(=O)c2ccc3ccccc3n2)C(=O)N(C)[C@@H](CC(C)C)C(=O)N(C)CC(=O)N1C. The Balaban J connectivity index is 1.58. The lowest BCUT2D eigenvalue weighted by molar-refractivity contribution is -0.149. The molecule has 0 bridgehead atoms. The van der Waals surface area contributed by atoms with Gasteiger partial charge in [0.25, 0.3) is 11.8 Å². The molecule has 2 aromatic carbocycles. The van der Waals surface area contributed by atoms with E-state index in [1.807, 2.05) is 79.7 Å². The summed E-state index contributed by atoms with van der Waals surface area (Å²) in [6.45, 7) is 12.8. The summed E-state index contributed by atoms with van der Waals surface area (Å²) in [7, 11) is 8.45. The number of fused-ring (bicyclic) bond motifs is 2. The number of hydrogen-bond donors (Lipinski definition) is 4. The molecule has 0 aliphatic carbocycles. The number of nitrogens with one attached hydrogen (secondary N) is 4. The lowest BCUT2D eigenvalue weighted by atomic mass is 9.99. The molecule has 4 aromatic rings. The van der Waals surface area contributed by atoms with Crippen molar-refractivity contribution in [2.45, 2.75) is 117 Å². The van der Waals surface area contributed by atoms with Gasteiger partial charge in [-0.05, 0) is 73.6 Å².